The minimum Gasteiger partial charge on any atom is -0.379 e. The molecule has 1 aromatic heterocycles. The van der Waals surface area contributed by atoms with E-state index in [-0.39, 0.29) is 5.91 Å². The highest BCUT2D eigenvalue weighted by atomic mass is 16.5. The van der Waals surface area contributed by atoms with E-state index in [1.54, 1.807) is 13.0 Å². The fourth-order valence-electron chi connectivity index (χ4n) is 2.02. The number of aryl methyl sites for hydroxylation is 1. The number of carbonyl (C=O) groups excluding carboxylic acids is 1. The van der Waals surface area contributed by atoms with Gasteiger partial charge in [-0.3, -0.25) is 9.69 Å². The van der Waals surface area contributed by atoms with Crippen molar-refractivity contribution in [2.24, 2.45) is 0 Å². The Hall–Kier alpha value is -1.44. The summed E-state index contributed by atoms with van der Waals surface area (Å²) in [4.78, 5) is 14.0. The van der Waals surface area contributed by atoms with Crippen LogP contribution in [0.3, 0.4) is 0 Å². The molecule has 0 aliphatic carbocycles. The van der Waals surface area contributed by atoms with Gasteiger partial charge in [0.15, 0.2) is 5.82 Å². The lowest BCUT2D eigenvalue weighted by atomic mass is 10.3. The third-order valence-electron chi connectivity index (χ3n) is 3.13. The summed E-state index contributed by atoms with van der Waals surface area (Å²) in [5, 5.41) is 9.68. The molecule has 0 saturated carbocycles. The van der Waals surface area contributed by atoms with E-state index in [1.165, 1.54) is 0 Å². The van der Waals surface area contributed by atoms with Crippen LogP contribution in [-0.4, -0.2) is 61.9 Å². The summed E-state index contributed by atoms with van der Waals surface area (Å²) >= 11 is 0. The number of nitrogens with zero attached hydrogens (tertiary/aromatic N) is 2. The molecule has 0 spiro atoms. The third-order valence-corrected chi connectivity index (χ3v) is 3.13. The Bertz CT molecular complexity index is 416. The molecule has 2 N–H and O–H groups in total. The van der Waals surface area contributed by atoms with Crippen LogP contribution < -0.4 is 10.6 Å². The van der Waals surface area contributed by atoms with Gasteiger partial charge in [-0.05, 0) is 6.92 Å². The molecule has 2 rings (SSSR count). The maximum atomic E-state index is 11.6. The number of carbonyl (C=O) groups is 1. The van der Waals surface area contributed by atoms with E-state index < -0.39 is 0 Å². The predicted octanol–water partition coefficient (Wildman–Crippen LogP) is 0.233. The molecule has 1 aliphatic rings. The molecular weight excluding hydrogens is 260 g/mol. The molecule has 1 aliphatic heterocycles. The second-order valence-corrected chi connectivity index (χ2v) is 4.82. The highest BCUT2D eigenvalue weighted by Gasteiger charge is 2.09. The van der Waals surface area contributed by atoms with Crippen molar-refractivity contribution in [2.75, 3.05) is 51.3 Å². The fraction of sp³-hybridized carbons (Fsp3) is 0.692. The Balaban J connectivity index is 1.51. The molecule has 2 heterocycles. The zero-order chi connectivity index (χ0) is 14.2. The van der Waals surface area contributed by atoms with Gasteiger partial charge in [0.2, 0.25) is 5.91 Å². The van der Waals surface area contributed by atoms with Crippen LogP contribution in [0.25, 0.3) is 0 Å². The molecule has 7 nitrogen and oxygen atoms in total. The van der Waals surface area contributed by atoms with Gasteiger partial charge in [-0.15, -0.1) is 0 Å². The molecule has 0 atom stereocenters. The van der Waals surface area contributed by atoms with Crippen LogP contribution in [0.15, 0.2) is 10.6 Å². The van der Waals surface area contributed by atoms with Gasteiger partial charge in [-0.1, -0.05) is 5.16 Å². The van der Waals surface area contributed by atoms with Gasteiger partial charge < -0.3 is 19.9 Å². The molecule has 0 unspecified atom stereocenters. The first-order chi connectivity index (χ1) is 9.74. The van der Waals surface area contributed by atoms with Crippen LogP contribution in [0.1, 0.15) is 12.2 Å². The van der Waals surface area contributed by atoms with E-state index in [0.717, 1.165) is 39.4 Å². The Morgan fingerprint density at radius 2 is 2.20 bits per heavy atom. The number of anilines is 1. The smallest absolute Gasteiger partial charge is 0.226 e. The number of aromatic nitrogens is 1. The van der Waals surface area contributed by atoms with Crippen molar-refractivity contribution in [1.29, 1.82) is 0 Å². The second kappa shape index (κ2) is 7.98. The third kappa shape index (κ3) is 5.28. The maximum Gasteiger partial charge on any atom is 0.226 e. The largest absolute Gasteiger partial charge is 0.379 e. The number of amides is 1. The quantitative estimate of drug-likeness (QED) is 0.697. The van der Waals surface area contributed by atoms with Crippen molar-refractivity contribution in [3.05, 3.63) is 11.8 Å². The molecule has 0 bridgehead atoms. The van der Waals surface area contributed by atoms with Gasteiger partial charge in [0.05, 0.1) is 13.2 Å². The summed E-state index contributed by atoms with van der Waals surface area (Å²) in [6.45, 7) is 7.95. The van der Waals surface area contributed by atoms with Crippen molar-refractivity contribution in [1.82, 2.24) is 15.4 Å². The molecule has 0 radical (unpaired) electrons. The van der Waals surface area contributed by atoms with Crippen LogP contribution in [0.2, 0.25) is 0 Å². The normalized spacial score (nSPS) is 16.2. The number of morpholine rings is 1. The summed E-state index contributed by atoms with van der Waals surface area (Å²) in [5.74, 6) is 1.10. The van der Waals surface area contributed by atoms with Gasteiger partial charge in [-0.2, -0.15) is 0 Å². The summed E-state index contributed by atoms with van der Waals surface area (Å²) < 4.78 is 10.2. The number of nitrogens with one attached hydrogen (secondary N) is 2. The highest BCUT2D eigenvalue weighted by Crippen LogP contribution is 2.06. The minimum absolute atomic E-state index is 0.0582. The fourth-order valence-corrected chi connectivity index (χ4v) is 2.02. The Morgan fingerprint density at radius 3 is 2.90 bits per heavy atom. The summed E-state index contributed by atoms with van der Waals surface area (Å²) in [6, 6.07) is 1.70. The zero-order valence-electron chi connectivity index (χ0n) is 11.9. The predicted molar refractivity (Wildman–Crippen MR) is 74.6 cm³/mol. The van der Waals surface area contributed by atoms with Crippen LogP contribution >= 0.6 is 0 Å². The molecule has 1 saturated heterocycles. The molecular formula is C13H22N4O3. The first-order valence-corrected chi connectivity index (χ1v) is 6.98. The molecule has 20 heavy (non-hydrogen) atoms. The summed E-state index contributed by atoms with van der Waals surface area (Å²) in [5.41, 5.74) is 0. The topological polar surface area (TPSA) is 79.6 Å². The van der Waals surface area contributed by atoms with Gasteiger partial charge in [-0.25, -0.2) is 0 Å². The van der Waals surface area contributed by atoms with E-state index >= 15 is 0 Å². The second-order valence-electron chi connectivity index (χ2n) is 4.82. The number of rotatable bonds is 7. The maximum absolute atomic E-state index is 11.6. The standard InChI is InChI=1S/C13H22N4O3/c1-11-10-12(16-20-11)15-13(18)2-3-14-4-5-17-6-8-19-9-7-17/h10,14H,2-9H2,1H3,(H,15,16,18). The van der Waals surface area contributed by atoms with E-state index in [2.05, 4.69) is 20.7 Å². The lowest BCUT2D eigenvalue weighted by Gasteiger charge is -2.26. The van der Waals surface area contributed by atoms with Gasteiger partial charge >= 0.3 is 0 Å². The molecule has 1 aromatic rings. The van der Waals surface area contributed by atoms with E-state index in [9.17, 15) is 4.79 Å². The summed E-state index contributed by atoms with van der Waals surface area (Å²) in [7, 11) is 0. The first-order valence-electron chi connectivity index (χ1n) is 6.98. The minimum atomic E-state index is -0.0582. The molecule has 112 valence electrons. The average molecular weight is 282 g/mol. The van der Waals surface area contributed by atoms with Gasteiger partial charge in [0, 0.05) is 45.2 Å². The van der Waals surface area contributed by atoms with E-state index in [4.69, 9.17) is 9.26 Å². The first kappa shape index (κ1) is 15.0. The van der Waals surface area contributed by atoms with E-state index in [0.29, 0.717) is 24.5 Å². The van der Waals surface area contributed by atoms with Crippen LogP contribution in [0.5, 0.6) is 0 Å². The van der Waals surface area contributed by atoms with Crippen molar-refractivity contribution in [2.45, 2.75) is 13.3 Å². The number of hydrogen-bond acceptors (Lipinski definition) is 6. The lowest BCUT2D eigenvalue weighted by molar-refractivity contribution is -0.116. The Morgan fingerprint density at radius 1 is 1.40 bits per heavy atom. The lowest BCUT2D eigenvalue weighted by Crippen LogP contribution is -2.40. The number of hydrogen-bond donors (Lipinski definition) is 2. The van der Waals surface area contributed by atoms with E-state index in [1.807, 2.05) is 0 Å². The SMILES string of the molecule is Cc1cc(NC(=O)CCNCCN2CCOCC2)no1. The highest BCUT2D eigenvalue weighted by molar-refractivity contribution is 5.89. The summed E-state index contributed by atoms with van der Waals surface area (Å²) in [6.07, 6.45) is 0.426. The van der Waals surface area contributed by atoms with Gasteiger partial charge in [0.1, 0.15) is 5.76 Å². The van der Waals surface area contributed by atoms with Crippen LogP contribution in [-0.2, 0) is 9.53 Å². The molecule has 7 heteroatoms. The molecule has 0 aromatic carbocycles. The van der Waals surface area contributed by atoms with Crippen molar-refractivity contribution < 1.29 is 14.1 Å². The number of ether oxygens (including phenoxy) is 1. The molecule has 1 amide bonds. The molecule has 1 fully saturated rings. The van der Waals surface area contributed by atoms with Crippen molar-refractivity contribution in [3.63, 3.8) is 0 Å². The van der Waals surface area contributed by atoms with Crippen LogP contribution in [0, 0.1) is 6.92 Å². The average Bonchev–Trinajstić information content (AvgIpc) is 2.85. The van der Waals surface area contributed by atoms with Crippen LogP contribution in [0.4, 0.5) is 5.82 Å². The van der Waals surface area contributed by atoms with Crippen molar-refractivity contribution in [3.8, 4) is 0 Å². The Labute approximate surface area is 118 Å². The monoisotopic (exact) mass is 282 g/mol. The van der Waals surface area contributed by atoms with Crippen molar-refractivity contribution >= 4 is 11.7 Å². The zero-order valence-corrected chi connectivity index (χ0v) is 11.9. The Kier molecular flexibility index (Phi) is 5.97. The van der Waals surface area contributed by atoms with Gasteiger partial charge in [0.25, 0.3) is 0 Å².